The first-order chi connectivity index (χ1) is 16.3. The van der Waals surface area contributed by atoms with Crippen molar-refractivity contribution in [2.75, 3.05) is 20.3 Å². The van der Waals surface area contributed by atoms with E-state index in [9.17, 15) is 0 Å². The molecule has 2 atom stereocenters. The van der Waals surface area contributed by atoms with Crippen LogP contribution in [0.5, 0.6) is 5.75 Å². The average molecular weight is 513 g/mol. The molecule has 1 aromatic heterocycles. The normalized spacial score (nSPS) is 19.3. The van der Waals surface area contributed by atoms with Crippen LogP contribution in [0.2, 0.25) is 10.0 Å². The summed E-state index contributed by atoms with van der Waals surface area (Å²) in [7, 11) is 1.64. The third-order valence-electron chi connectivity index (χ3n) is 4.77. The maximum absolute atomic E-state index is 8.36. The van der Waals surface area contributed by atoms with Gasteiger partial charge in [0.2, 0.25) is 5.79 Å². The van der Waals surface area contributed by atoms with Gasteiger partial charge < -0.3 is 24.2 Å². The van der Waals surface area contributed by atoms with Gasteiger partial charge in [0, 0.05) is 10.6 Å². The molecule has 3 aromatic rings. The molecule has 1 N–H and O–H groups in total. The Balaban J connectivity index is 0.000000751. The number of ether oxygens (including phenoxy) is 4. The van der Waals surface area contributed by atoms with Crippen LogP contribution in [0.1, 0.15) is 11.1 Å². The molecular formula is C21H22Cl2N4O7. The monoisotopic (exact) mass is 512 g/mol. The van der Waals surface area contributed by atoms with Crippen LogP contribution in [0, 0.1) is 10.1 Å². The van der Waals surface area contributed by atoms with Crippen LogP contribution >= 0.6 is 23.2 Å². The molecule has 182 valence electrons. The number of rotatable bonds is 8. The van der Waals surface area contributed by atoms with Crippen LogP contribution < -0.4 is 4.74 Å². The van der Waals surface area contributed by atoms with E-state index in [1.54, 1.807) is 30.3 Å². The van der Waals surface area contributed by atoms with E-state index in [1.807, 2.05) is 30.3 Å². The number of halogens is 2. The van der Waals surface area contributed by atoms with E-state index in [0.29, 0.717) is 42.0 Å². The predicted octanol–water partition coefficient (Wildman–Crippen LogP) is 3.73. The minimum absolute atomic E-state index is 0.265. The lowest BCUT2D eigenvalue weighted by molar-refractivity contribution is -0.742. The standard InChI is InChI=1S/C21H21Cl2N3O4.HNO3/c1-27-17-5-2-15(3-6-17)9-28-10-18-11-29-21(30-18,12-26-14-24-13-25-26)19-7-4-16(22)8-20(19)23;2-1(3)4/h2-8,13-14,18H,9-12H2,1H3;(H,2,3,4). The van der Waals surface area contributed by atoms with E-state index in [2.05, 4.69) is 10.1 Å². The van der Waals surface area contributed by atoms with Crippen molar-refractivity contribution in [2.24, 2.45) is 0 Å². The van der Waals surface area contributed by atoms with E-state index in [4.69, 9.17) is 57.5 Å². The van der Waals surface area contributed by atoms with Crippen molar-refractivity contribution >= 4 is 23.2 Å². The lowest BCUT2D eigenvalue weighted by Crippen LogP contribution is -2.34. The van der Waals surface area contributed by atoms with Crippen molar-refractivity contribution in [1.29, 1.82) is 0 Å². The maximum atomic E-state index is 8.36. The van der Waals surface area contributed by atoms with Gasteiger partial charge in [-0.2, -0.15) is 5.10 Å². The molecule has 2 heterocycles. The summed E-state index contributed by atoms with van der Waals surface area (Å²) in [5.74, 6) is -0.298. The second kappa shape index (κ2) is 12.0. The highest BCUT2D eigenvalue weighted by atomic mass is 35.5. The summed E-state index contributed by atoms with van der Waals surface area (Å²) in [6, 6.07) is 13.0. The van der Waals surface area contributed by atoms with Crippen molar-refractivity contribution in [3.8, 4) is 5.75 Å². The van der Waals surface area contributed by atoms with Gasteiger partial charge in [-0.05, 0) is 29.8 Å². The van der Waals surface area contributed by atoms with Crippen molar-refractivity contribution in [2.45, 2.75) is 25.0 Å². The van der Waals surface area contributed by atoms with E-state index < -0.39 is 10.9 Å². The first kappa shape index (κ1) is 25.7. The highest BCUT2D eigenvalue weighted by molar-refractivity contribution is 6.35. The number of benzene rings is 2. The predicted molar refractivity (Wildman–Crippen MR) is 120 cm³/mol. The third kappa shape index (κ3) is 7.02. The zero-order chi connectivity index (χ0) is 24.6. The van der Waals surface area contributed by atoms with Gasteiger partial charge in [-0.3, -0.25) is 0 Å². The highest BCUT2D eigenvalue weighted by Gasteiger charge is 2.45. The number of nitrogens with zero attached hydrogens (tertiary/aromatic N) is 4. The molecule has 0 bridgehead atoms. The summed E-state index contributed by atoms with van der Waals surface area (Å²) >= 11 is 12.5. The fourth-order valence-corrected chi connectivity index (χ4v) is 3.86. The molecule has 11 nitrogen and oxygen atoms in total. The molecule has 1 aliphatic heterocycles. The van der Waals surface area contributed by atoms with Gasteiger partial charge in [-0.25, -0.2) is 9.67 Å². The second-order valence-electron chi connectivity index (χ2n) is 7.12. The Bertz CT molecular complexity index is 1070. The van der Waals surface area contributed by atoms with Crippen LogP contribution in [-0.2, 0) is 33.1 Å². The molecule has 0 aliphatic carbocycles. The van der Waals surface area contributed by atoms with E-state index in [-0.39, 0.29) is 6.10 Å². The quantitative estimate of drug-likeness (QED) is 0.354. The molecule has 0 amide bonds. The van der Waals surface area contributed by atoms with Crippen molar-refractivity contribution < 1.29 is 29.2 Å². The lowest BCUT2D eigenvalue weighted by Gasteiger charge is -2.29. The van der Waals surface area contributed by atoms with Crippen LogP contribution in [0.3, 0.4) is 0 Å². The van der Waals surface area contributed by atoms with Crippen LogP contribution in [-0.4, -0.2) is 51.5 Å². The molecule has 4 rings (SSSR count). The Morgan fingerprint density at radius 1 is 1.29 bits per heavy atom. The SMILES string of the molecule is COc1ccc(COCC2COC(Cn3cncn3)(c3ccc(Cl)cc3Cl)O2)cc1.O=[N+]([O-])O. The summed E-state index contributed by atoms with van der Waals surface area (Å²) < 4.78 is 25.1. The number of hydrogen-bond acceptors (Lipinski definition) is 8. The molecule has 0 radical (unpaired) electrons. The van der Waals surface area contributed by atoms with Crippen molar-refractivity contribution in [3.63, 3.8) is 0 Å². The molecule has 2 aromatic carbocycles. The molecule has 0 spiro atoms. The summed E-state index contributed by atoms with van der Waals surface area (Å²) in [5.41, 5.74) is 1.73. The summed E-state index contributed by atoms with van der Waals surface area (Å²) in [5, 5.41) is 18.8. The molecular weight excluding hydrogens is 491 g/mol. The molecule has 0 saturated carbocycles. The molecule has 1 fully saturated rings. The van der Waals surface area contributed by atoms with E-state index >= 15 is 0 Å². The summed E-state index contributed by atoms with van der Waals surface area (Å²) in [4.78, 5) is 12.4. The zero-order valence-electron chi connectivity index (χ0n) is 18.0. The minimum atomic E-state index is -1.50. The number of methoxy groups -OCH3 is 1. The van der Waals surface area contributed by atoms with E-state index in [0.717, 1.165) is 11.3 Å². The molecule has 34 heavy (non-hydrogen) atoms. The van der Waals surface area contributed by atoms with Gasteiger partial charge in [0.25, 0.3) is 5.09 Å². The average Bonchev–Trinajstić information content (AvgIpc) is 3.45. The first-order valence-corrected chi connectivity index (χ1v) is 10.7. The van der Waals surface area contributed by atoms with Crippen LogP contribution in [0.15, 0.2) is 55.1 Å². The Morgan fingerprint density at radius 2 is 2.03 bits per heavy atom. The van der Waals surface area contributed by atoms with Crippen LogP contribution in [0.4, 0.5) is 0 Å². The Labute approximate surface area is 204 Å². The Kier molecular flexibility index (Phi) is 9.02. The fraction of sp³-hybridized carbons (Fsp3) is 0.333. The highest BCUT2D eigenvalue weighted by Crippen LogP contribution is 2.40. The summed E-state index contributed by atoms with van der Waals surface area (Å²) in [6.07, 6.45) is 2.80. The smallest absolute Gasteiger partial charge is 0.291 e. The molecule has 1 aliphatic rings. The van der Waals surface area contributed by atoms with Gasteiger partial charge in [-0.1, -0.05) is 41.4 Å². The van der Waals surface area contributed by atoms with Crippen LogP contribution in [0.25, 0.3) is 0 Å². The Hall–Kier alpha value is -2.96. The first-order valence-electron chi connectivity index (χ1n) is 9.95. The van der Waals surface area contributed by atoms with Gasteiger partial charge in [0.05, 0.1) is 32.0 Å². The molecule has 13 heteroatoms. The van der Waals surface area contributed by atoms with Crippen molar-refractivity contribution in [3.05, 3.63) is 86.4 Å². The lowest BCUT2D eigenvalue weighted by atomic mass is 10.1. The third-order valence-corrected chi connectivity index (χ3v) is 5.32. The van der Waals surface area contributed by atoms with E-state index in [1.165, 1.54) is 6.33 Å². The topological polar surface area (TPSA) is 131 Å². The minimum Gasteiger partial charge on any atom is -0.497 e. The van der Waals surface area contributed by atoms with Gasteiger partial charge >= 0.3 is 0 Å². The number of aromatic nitrogens is 3. The maximum Gasteiger partial charge on any atom is 0.291 e. The molecule has 2 unspecified atom stereocenters. The van der Waals surface area contributed by atoms with Gasteiger partial charge in [0.1, 0.15) is 31.1 Å². The second-order valence-corrected chi connectivity index (χ2v) is 7.97. The van der Waals surface area contributed by atoms with Gasteiger partial charge in [0.15, 0.2) is 0 Å². The summed E-state index contributed by atoms with van der Waals surface area (Å²) in [6.45, 7) is 1.48. The Morgan fingerprint density at radius 3 is 2.65 bits per heavy atom. The number of hydrogen-bond donors (Lipinski definition) is 1. The largest absolute Gasteiger partial charge is 0.497 e. The molecule has 1 saturated heterocycles. The zero-order valence-corrected chi connectivity index (χ0v) is 19.6. The van der Waals surface area contributed by atoms with Crippen molar-refractivity contribution in [1.82, 2.24) is 14.8 Å². The van der Waals surface area contributed by atoms with Gasteiger partial charge in [-0.15, -0.1) is 10.1 Å². The fourth-order valence-electron chi connectivity index (χ4n) is 3.31.